The number of hydrogen-bond donors (Lipinski definition) is 2. The number of nitriles is 1. The third kappa shape index (κ3) is 11.1. The van der Waals surface area contributed by atoms with Crippen molar-refractivity contribution < 1.29 is 56.5 Å². The molecule has 0 aliphatic heterocycles. The van der Waals surface area contributed by atoms with Crippen LogP contribution >= 0.6 is 0 Å². The summed E-state index contributed by atoms with van der Waals surface area (Å²) in [6, 6.07) is 1.85. The van der Waals surface area contributed by atoms with Gasteiger partial charge >= 0.3 is 51.4 Å². The zero-order valence-electron chi connectivity index (χ0n) is 23.0. The summed E-state index contributed by atoms with van der Waals surface area (Å²) in [4.78, 5) is 27.2. The minimum absolute atomic E-state index is 0. The van der Waals surface area contributed by atoms with E-state index in [9.17, 15) is 5.11 Å². The fraction of sp³-hybridized carbons (Fsp3) is 0.250. The van der Waals surface area contributed by atoms with E-state index in [4.69, 9.17) is 23.3 Å². The molecule has 15 nitrogen and oxygen atoms in total. The van der Waals surface area contributed by atoms with Crippen molar-refractivity contribution >= 4 is 28.4 Å². The van der Waals surface area contributed by atoms with E-state index in [0.717, 1.165) is 5.39 Å². The smallest absolute Gasteiger partial charge is 0.850 e. The summed E-state index contributed by atoms with van der Waals surface area (Å²) in [7, 11) is 3.50. The Balaban J connectivity index is 0.000000296. The number of nitrogens with zero attached hydrogens (tertiary/aromatic N) is 12. The van der Waals surface area contributed by atoms with Crippen LogP contribution in [0.4, 0.5) is 17.3 Å². The fourth-order valence-electron chi connectivity index (χ4n) is 2.45. The van der Waals surface area contributed by atoms with Crippen LogP contribution in [-0.4, -0.2) is 55.1 Å². The van der Waals surface area contributed by atoms with Gasteiger partial charge in [-0.25, -0.2) is 24.8 Å². The summed E-state index contributed by atoms with van der Waals surface area (Å²) < 4.78 is 3.11. The number of nitrogens with two attached hydrogens (primary N) is 2. The van der Waals surface area contributed by atoms with Crippen LogP contribution in [0.2, 0.25) is 0 Å². The first-order valence-corrected chi connectivity index (χ1v) is 11.2. The van der Waals surface area contributed by atoms with Crippen molar-refractivity contribution in [3.8, 4) is 17.6 Å². The molecule has 0 bridgehead atoms. The first-order chi connectivity index (χ1) is 18.4. The number of anilines is 2. The second-order valence-electron chi connectivity index (χ2n) is 8.49. The predicted molar refractivity (Wildman–Crippen MR) is 142 cm³/mol. The van der Waals surface area contributed by atoms with Gasteiger partial charge in [-0.1, -0.05) is 20.8 Å². The largest absolute Gasteiger partial charge is 1.00 e. The zero-order valence-corrected chi connectivity index (χ0v) is 26.2. The van der Waals surface area contributed by atoms with Crippen molar-refractivity contribution in [2.45, 2.75) is 26.4 Å². The average molecular weight is 567 g/mol. The van der Waals surface area contributed by atoms with E-state index in [2.05, 4.69) is 44.9 Å². The van der Waals surface area contributed by atoms with Gasteiger partial charge in [-0.2, -0.15) is 15.5 Å². The van der Waals surface area contributed by atoms with Gasteiger partial charge in [0.2, 0.25) is 5.69 Å². The second-order valence-corrected chi connectivity index (χ2v) is 8.49. The minimum atomic E-state index is -0.750. The van der Waals surface area contributed by atoms with Gasteiger partial charge in [0.15, 0.2) is 17.2 Å². The van der Waals surface area contributed by atoms with E-state index in [0.29, 0.717) is 40.2 Å². The molecular weight excluding hydrogens is 539 g/mol. The molecule has 0 saturated carbocycles. The van der Waals surface area contributed by atoms with Gasteiger partial charge < -0.3 is 16.6 Å². The molecule has 200 valence electrons. The Labute approximate surface area is 273 Å². The van der Waals surface area contributed by atoms with Gasteiger partial charge in [-0.05, 0) is 0 Å². The molecule has 0 aliphatic carbocycles. The summed E-state index contributed by atoms with van der Waals surface area (Å²) in [6.07, 6.45) is 12.3. The van der Waals surface area contributed by atoms with Gasteiger partial charge in [0, 0.05) is 38.9 Å². The number of aromatic nitrogens is 10. The number of fused-ring (bicyclic) bond motifs is 1. The number of aryl methyl sites for hydroxylation is 2. The zero-order chi connectivity index (χ0) is 29.0. The first-order valence-electron chi connectivity index (χ1n) is 11.2. The van der Waals surface area contributed by atoms with Crippen LogP contribution in [0.15, 0.2) is 49.6 Å². The molecule has 0 amide bonds. The molecule has 0 saturated heterocycles. The summed E-state index contributed by atoms with van der Waals surface area (Å²) in [6.45, 7) is 11.5. The third-order valence-electron chi connectivity index (χ3n) is 4.18. The van der Waals surface area contributed by atoms with E-state index < -0.39 is 5.60 Å². The molecule has 0 aliphatic rings. The number of hydrogen-bond acceptors (Lipinski definition) is 12. The van der Waals surface area contributed by atoms with Crippen LogP contribution in [0.25, 0.3) is 27.4 Å². The molecular formula is C24H27KN14O. The van der Waals surface area contributed by atoms with Crippen LogP contribution in [0, 0.1) is 17.9 Å². The van der Waals surface area contributed by atoms with Crippen LogP contribution in [0.3, 0.4) is 0 Å². The predicted octanol–water partition coefficient (Wildman–Crippen LogP) is -1.55. The van der Waals surface area contributed by atoms with Gasteiger partial charge in [0.1, 0.15) is 23.4 Å². The summed E-state index contributed by atoms with van der Waals surface area (Å²) >= 11 is 0. The van der Waals surface area contributed by atoms with E-state index in [-0.39, 0.29) is 51.4 Å². The van der Waals surface area contributed by atoms with E-state index in [1.807, 2.05) is 6.07 Å². The molecule has 5 rings (SSSR count). The van der Waals surface area contributed by atoms with Crippen LogP contribution in [0.5, 0.6) is 0 Å². The minimum Gasteiger partial charge on any atom is -0.850 e. The topological polar surface area (TPSA) is 216 Å². The van der Waals surface area contributed by atoms with Crippen molar-refractivity contribution in [2.24, 2.45) is 14.1 Å². The molecule has 40 heavy (non-hydrogen) atoms. The average Bonchev–Trinajstić information content (AvgIpc) is 3.46. The normalized spacial score (nSPS) is 9.70. The Hall–Kier alpha value is -3.90. The van der Waals surface area contributed by atoms with Crippen LogP contribution in [-0.2, 0) is 14.1 Å². The quantitative estimate of drug-likeness (QED) is 0.174. The van der Waals surface area contributed by atoms with Crippen LogP contribution < -0.4 is 68.0 Å². The standard InChI is InChI=1S/C10H9N7.C5H6N4.C5H3N3.C4H9O.K/c1-17-10-6(4-14-17)8(11)15-9(16-10)7-5-12-2-3-13-7;1-7-4-3-8-9(2)5(4)6;6-3-5-4-7-1-2-8-5;1-4(2,3)5;/h2-5H,1H3,(H2,11,15,16);3H,6H2,2H3;1-2,4H;1-3H3;/q;;;-1;+1. The van der Waals surface area contributed by atoms with E-state index in [1.54, 1.807) is 64.3 Å². The monoisotopic (exact) mass is 566 g/mol. The van der Waals surface area contributed by atoms with Crippen LogP contribution in [0.1, 0.15) is 26.5 Å². The number of nitrogen functional groups attached to an aromatic ring is 2. The van der Waals surface area contributed by atoms with Crippen molar-refractivity contribution in [3.63, 3.8) is 0 Å². The molecule has 0 atom stereocenters. The van der Waals surface area contributed by atoms with Gasteiger partial charge in [-0.3, -0.25) is 19.3 Å². The maximum atomic E-state index is 10.1. The molecule has 0 aromatic carbocycles. The Morgan fingerprint density at radius 3 is 1.95 bits per heavy atom. The van der Waals surface area contributed by atoms with E-state index in [1.165, 1.54) is 29.5 Å². The molecule has 0 fully saturated rings. The molecule has 5 aromatic rings. The van der Waals surface area contributed by atoms with Gasteiger partial charge in [0.05, 0.1) is 36.7 Å². The summed E-state index contributed by atoms with van der Waals surface area (Å²) in [5.74, 6) is 1.26. The van der Waals surface area contributed by atoms with E-state index >= 15 is 0 Å². The Kier molecular flexibility index (Phi) is 13.9. The molecule has 5 heterocycles. The van der Waals surface area contributed by atoms with Crippen molar-refractivity contribution in [2.75, 3.05) is 11.5 Å². The van der Waals surface area contributed by atoms with Gasteiger partial charge in [0.25, 0.3) is 0 Å². The molecule has 0 radical (unpaired) electrons. The third-order valence-corrected chi connectivity index (χ3v) is 4.18. The molecule has 0 spiro atoms. The van der Waals surface area contributed by atoms with Gasteiger partial charge in [-0.15, -0.1) is 5.60 Å². The van der Waals surface area contributed by atoms with Crippen molar-refractivity contribution in [3.05, 3.63) is 66.7 Å². The second kappa shape index (κ2) is 16.3. The SMILES string of the molecule is CC(C)(C)[O-].Cn1ncc2c(N)nc(-c3cnccn3)nc21.N#Cc1cnccn1.[C-]#[N+]c1cnn(C)c1N.[K+]. The molecule has 5 aromatic heterocycles. The Morgan fingerprint density at radius 1 is 0.925 bits per heavy atom. The molecule has 0 unspecified atom stereocenters. The van der Waals surface area contributed by atoms with Crippen molar-refractivity contribution in [1.29, 1.82) is 5.26 Å². The summed E-state index contributed by atoms with van der Waals surface area (Å²) in [5.41, 5.74) is 12.5. The summed E-state index contributed by atoms with van der Waals surface area (Å²) in [5, 5.41) is 26.9. The first kappa shape index (κ1) is 34.1. The Bertz CT molecular complexity index is 1560. The molecule has 4 N–H and O–H groups in total. The molecule has 16 heteroatoms. The fourth-order valence-corrected chi connectivity index (χ4v) is 2.45. The maximum Gasteiger partial charge on any atom is 1.00 e. The number of rotatable bonds is 1. The Morgan fingerprint density at radius 2 is 1.52 bits per heavy atom. The maximum absolute atomic E-state index is 10.1. The van der Waals surface area contributed by atoms with Crippen molar-refractivity contribution in [1.82, 2.24) is 49.5 Å².